The van der Waals surface area contributed by atoms with Gasteiger partial charge in [-0.1, -0.05) is 13.3 Å². The van der Waals surface area contributed by atoms with Crippen LogP contribution in [0.15, 0.2) is 46.3 Å². The summed E-state index contributed by atoms with van der Waals surface area (Å²) in [4.78, 5) is 18.1. The summed E-state index contributed by atoms with van der Waals surface area (Å²) in [5, 5.41) is 3.51. The van der Waals surface area contributed by atoms with Crippen LogP contribution in [0.2, 0.25) is 0 Å². The van der Waals surface area contributed by atoms with Crippen LogP contribution in [-0.4, -0.2) is 60.1 Å². The van der Waals surface area contributed by atoms with Crippen molar-refractivity contribution in [3.8, 4) is 0 Å². The van der Waals surface area contributed by atoms with Crippen molar-refractivity contribution in [2.24, 2.45) is 4.99 Å². The number of furan rings is 1. The number of piperazine rings is 1. The standard InChI is InChI=1S/C19H28N6O.HI/c1-2-3-8-20-19(23-11-7-17-6-4-16-26-17)25-14-12-24(13-15-25)18-21-9-5-10-22-18;/h4-6,9-10,16H,2-3,7-8,11-15H2,1H3,(H,20,23);1H. The molecular formula is C19H29IN6O. The Morgan fingerprint density at radius 3 is 2.63 bits per heavy atom. The first-order valence-corrected chi connectivity index (χ1v) is 9.44. The first kappa shape index (κ1) is 21.5. The number of hydrogen-bond donors (Lipinski definition) is 1. The third-order valence-corrected chi connectivity index (χ3v) is 4.42. The highest BCUT2D eigenvalue weighted by atomic mass is 127. The maximum Gasteiger partial charge on any atom is 0.225 e. The van der Waals surface area contributed by atoms with Crippen molar-refractivity contribution in [3.05, 3.63) is 42.6 Å². The molecular weight excluding hydrogens is 455 g/mol. The van der Waals surface area contributed by atoms with E-state index in [0.717, 1.165) is 76.2 Å². The predicted octanol–water partition coefficient (Wildman–Crippen LogP) is 2.80. The zero-order chi connectivity index (χ0) is 18.0. The molecule has 1 N–H and O–H groups in total. The Bertz CT molecular complexity index is 656. The zero-order valence-electron chi connectivity index (χ0n) is 15.9. The molecule has 0 unspecified atom stereocenters. The lowest BCUT2D eigenvalue weighted by atomic mass is 10.3. The Morgan fingerprint density at radius 2 is 1.96 bits per heavy atom. The minimum absolute atomic E-state index is 0. The number of hydrogen-bond acceptors (Lipinski definition) is 5. The summed E-state index contributed by atoms with van der Waals surface area (Å²) in [7, 11) is 0. The molecule has 1 aliphatic rings. The molecule has 0 aliphatic carbocycles. The molecule has 0 atom stereocenters. The van der Waals surface area contributed by atoms with Gasteiger partial charge in [0.2, 0.25) is 5.95 Å². The average Bonchev–Trinajstić information content (AvgIpc) is 3.21. The van der Waals surface area contributed by atoms with E-state index in [1.807, 2.05) is 18.2 Å². The summed E-state index contributed by atoms with van der Waals surface area (Å²) < 4.78 is 5.41. The number of nitrogens with zero attached hydrogens (tertiary/aromatic N) is 5. The van der Waals surface area contributed by atoms with Crippen molar-refractivity contribution in [2.75, 3.05) is 44.2 Å². The van der Waals surface area contributed by atoms with Crippen LogP contribution in [0.25, 0.3) is 0 Å². The summed E-state index contributed by atoms with van der Waals surface area (Å²) >= 11 is 0. The number of rotatable bonds is 7. The quantitative estimate of drug-likeness (QED) is 0.282. The number of anilines is 1. The topological polar surface area (TPSA) is 69.8 Å². The van der Waals surface area contributed by atoms with Crippen molar-refractivity contribution in [1.29, 1.82) is 0 Å². The van der Waals surface area contributed by atoms with Crippen LogP contribution in [0.5, 0.6) is 0 Å². The third-order valence-electron chi connectivity index (χ3n) is 4.42. The third kappa shape index (κ3) is 6.67. The summed E-state index contributed by atoms with van der Waals surface area (Å²) in [6.07, 6.45) is 8.43. The summed E-state index contributed by atoms with van der Waals surface area (Å²) in [6, 6.07) is 5.78. The van der Waals surface area contributed by atoms with Gasteiger partial charge in [0, 0.05) is 58.1 Å². The van der Waals surface area contributed by atoms with Crippen molar-refractivity contribution in [3.63, 3.8) is 0 Å². The fourth-order valence-corrected chi connectivity index (χ4v) is 2.94. The van der Waals surface area contributed by atoms with Gasteiger partial charge in [0.1, 0.15) is 5.76 Å². The molecule has 0 saturated carbocycles. The highest BCUT2D eigenvalue weighted by molar-refractivity contribution is 14.0. The largest absolute Gasteiger partial charge is 0.469 e. The average molecular weight is 484 g/mol. The van der Waals surface area contributed by atoms with E-state index in [2.05, 4.69) is 32.0 Å². The molecule has 0 aromatic carbocycles. The van der Waals surface area contributed by atoms with E-state index in [1.54, 1.807) is 18.7 Å². The lowest BCUT2D eigenvalue weighted by molar-refractivity contribution is 0.368. The van der Waals surface area contributed by atoms with Gasteiger partial charge in [-0.05, 0) is 24.6 Å². The van der Waals surface area contributed by atoms with Crippen LogP contribution in [0, 0.1) is 0 Å². The molecule has 7 nitrogen and oxygen atoms in total. The molecule has 2 aromatic rings. The maximum absolute atomic E-state index is 5.41. The molecule has 0 radical (unpaired) electrons. The normalized spacial score (nSPS) is 14.8. The Balaban J connectivity index is 0.00000261. The van der Waals surface area contributed by atoms with Gasteiger partial charge >= 0.3 is 0 Å². The van der Waals surface area contributed by atoms with Crippen LogP contribution in [0.3, 0.4) is 0 Å². The SMILES string of the molecule is CCCCN=C(NCCc1ccco1)N1CCN(c2ncccn2)CC1.I. The second kappa shape index (κ2) is 11.8. The van der Waals surface area contributed by atoms with E-state index in [9.17, 15) is 0 Å². The van der Waals surface area contributed by atoms with Crippen molar-refractivity contribution < 1.29 is 4.42 Å². The van der Waals surface area contributed by atoms with E-state index in [-0.39, 0.29) is 24.0 Å². The summed E-state index contributed by atoms with van der Waals surface area (Å²) in [5.74, 6) is 2.80. The minimum atomic E-state index is 0. The molecule has 1 saturated heterocycles. The van der Waals surface area contributed by atoms with Crippen molar-refractivity contribution in [1.82, 2.24) is 20.2 Å². The molecule has 27 heavy (non-hydrogen) atoms. The van der Waals surface area contributed by atoms with Crippen LogP contribution in [0.4, 0.5) is 5.95 Å². The van der Waals surface area contributed by atoms with Crippen LogP contribution in [0.1, 0.15) is 25.5 Å². The fourth-order valence-electron chi connectivity index (χ4n) is 2.94. The number of halogens is 1. The second-order valence-electron chi connectivity index (χ2n) is 6.34. The lowest BCUT2D eigenvalue weighted by Gasteiger charge is -2.36. The summed E-state index contributed by atoms with van der Waals surface area (Å²) in [5.41, 5.74) is 0. The van der Waals surface area contributed by atoms with E-state index < -0.39 is 0 Å². The Kier molecular flexibility index (Phi) is 9.37. The highest BCUT2D eigenvalue weighted by Gasteiger charge is 2.21. The molecule has 3 rings (SSSR count). The van der Waals surface area contributed by atoms with Crippen molar-refractivity contribution in [2.45, 2.75) is 26.2 Å². The van der Waals surface area contributed by atoms with Gasteiger partial charge in [-0.15, -0.1) is 24.0 Å². The monoisotopic (exact) mass is 484 g/mol. The van der Waals surface area contributed by atoms with Gasteiger partial charge in [0.25, 0.3) is 0 Å². The Labute approximate surface area is 178 Å². The molecule has 1 fully saturated rings. The van der Waals surface area contributed by atoms with Crippen LogP contribution in [-0.2, 0) is 6.42 Å². The minimum Gasteiger partial charge on any atom is -0.469 e. The van der Waals surface area contributed by atoms with Gasteiger partial charge in [0.15, 0.2) is 5.96 Å². The fraction of sp³-hybridized carbons (Fsp3) is 0.526. The molecule has 2 aromatic heterocycles. The maximum atomic E-state index is 5.41. The van der Waals surface area contributed by atoms with Gasteiger partial charge in [-0.2, -0.15) is 0 Å². The van der Waals surface area contributed by atoms with Crippen LogP contribution < -0.4 is 10.2 Å². The Hall–Kier alpha value is -1.84. The smallest absolute Gasteiger partial charge is 0.225 e. The molecule has 1 aliphatic heterocycles. The van der Waals surface area contributed by atoms with E-state index >= 15 is 0 Å². The van der Waals surface area contributed by atoms with Gasteiger partial charge < -0.3 is 19.5 Å². The number of nitrogens with one attached hydrogen (secondary N) is 1. The van der Waals surface area contributed by atoms with Crippen LogP contribution >= 0.6 is 24.0 Å². The predicted molar refractivity (Wildman–Crippen MR) is 119 cm³/mol. The number of guanidine groups is 1. The van der Waals surface area contributed by atoms with Gasteiger partial charge in [0.05, 0.1) is 6.26 Å². The van der Waals surface area contributed by atoms with E-state index in [1.165, 1.54) is 0 Å². The number of unbranched alkanes of at least 4 members (excludes halogenated alkanes) is 1. The number of aromatic nitrogens is 2. The molecule has 0 amide bonds. The molecule has 148 valence electrons. The Morgan fingerprint density at radius 1 is 1.19 bits per heavy atom. The highest BCUT2D eigenvalue weighted by Crippen LogP contribution is 2.10. The van der Waals surface area contributed by atoms with Gasteiger partial charge in [-0.3, -0.25) is 4.99 Å². The summed E-state index contributed by atoms with van der Waals surface area (Å²) in [6.45, 7) is 7.50. The molecule has 3 heterocycles. The van der Waals surface area contributed by atoms with Gasteiger partial charge in [-0.25, -0.2) is 9.97 Å². The first-order valence-electron chi connectivity index (χ1n) is 9.44. The van der Waals surface area contributed by atoms with Crippen molar-refractivity contribution >= 4 is 35.9 Å². The first-order chi connectivity index (χ1) is 12.9. The molecule has 0 bridgehead atoms. The lowest BCUT2D eigenvalue weighted by Crippen LogP contribution is -2.53. The van der Waals surface area contributed by atoms with E-state index in [0.29, 0.717) is 0 Å². The molecule has 0 spiro atoms. The number of aliphatic imine (C=N–C) groups is 1. The molecule has 8 heteroatoms. The second-order valence-corrected chi connectivity index (χ2v) is 6.34. The zero-order valence-corrected chi connectivity index (χ0v) is 18.2. The van der Waals surface area contributed by atoms with E-state index in [4.69, 9.17) is 9.41 Å².